The molecule has 1 fully saturated rings. The van der Waals surface area contributed by atoms with E-state index < -0.39 is 39.9 Å². The van der Waals surface area contributed by atoms with Crippen molar-refractivity contribution < 1.29 is 27.1 Å². The molecule has 0 aromatic heterocycles. The minimum Gasteiger partial charge on any atom is -0.451 e. The zero-order valence-electron chi connectivity index (χ0n) is 15.4. The maximum atomic E-state index is 12.9. The van der Waals surface area contributed by atoms with Gasteiger partial charge in [-0.1, -0.05) is 19.3 Å². The highest BCUT2D eigenvalue weighted by molar-refractivity contribution is 7.89. The Labute approximate surface area is 158 Å². The van der Waals surface area contributed by atoms with Crippen LogP contribution in [0.5, 0.6) is 0 Å². The molecule has 0 spiro atoms. The van der Waals surface area contributed by atoms with Gasteiger partial charge in [0.25, 0.3) is 5.91 Å². The molecule has 0 heterocycles. The number of amides is 1. The zero-order chi connectivity index (χ0) is 20.0. The van der Waals surface area contributed by atoms with Gasteiger partial charge in [0, 0.05) is 6.04 Å². The Hall–Kier alpha value is -2.00. The van der Waals surface area contributed by atoms with Crippen molar-refractivity contribution in [3.8, 4) is 0 Å². The first kappa shape index (κ1) is 21.3. The van der Waals surface area contributed by atoms with Crippen molar-refractivity contribution in [1.29, 1.82) is 0 Å². The van der Waals surface area contributed by atoms with Gasteiger partial charge in [-0.2, -0.15) is 4.72 Å². The summed E-state index contributed by atoms with van der Waals surface area (Å²) in [4.78, 5) is 24.1. The molecule has 1 saturated carbocycles. The van der Waals surface area contributed by atoms with Gasteiger partial charge < -0.3 is 10.1 Å². The predicted octanol–water partition coefficient (Wildman–Crippen LogP) is 1.87. The van der Waals surface area contributed by atoms with Gasteiger partial charge in [-0.15, -0.1) is 0 Å². The Morgan fingerprint density at radius 3 is 2.30 bits per heavy atom. The molecule has 0 saturated heterocycles. The van der Waals surface area contributed by atoms with Crippen molar-refractivity contribution in [3.63, 3.8) is 0 Å². The number of carbonyl (C=O) groups excluding carboxylic acids is 2. The van der Waals surface area contributed by atoms with Gasteiger partial charge in [0.1, 0.15) is 11.9 Å². The van der Waals surface area contributed by atoms with E-state index in [4.69, 9.17) is 4.74 Å². The average molecular weight is 400 g/mol. The smallest absolute Gasteiger partial charge is 0.324 e. The van der Waals surface area contributed by atoms with Crippen LogP contribution in [0.25, 0.3) is 0 Å². The Bertz CT molecular complexity index is 760. The molecule has 2 atom stereocenters. The molecule has 1 aliphatic carbocycles. The maximum Gasteiger partial charge on any atom is 0.324 e. The van der Waals surface area contributed by atoms with Gasteiger partial charge in [0.05, 0.1) is 4.90 Å². The number of esters is 1. The Morgan fingerprint density at radius 2 is 1.70 bits per heavy atom. The van der Waals surface area contributed by atoms with Gasteiger partial charge in [-0.3, -0.25) is 9.59 Å². The predicted molar refractivity (Wildman–Crippen MR) is 96.8 cm³/mol. The van der Waals surface area contributed by atoms with Crippen LogP contribution in [-0.4, -0.2) is 38.5 Å². The lowest BCUT2D eigenvalue weighted by Gasteiger charge is -2.24. The number of halogens is 1. The van der Waals surface area contributed by atoms with Crippen LogP contribution in [0, 0.1) is 5.82 Å². The van der Waals surface area contributed by atoms with Crippen LogP contribution in [-0.2, 0) is 24.3 Å². The van der Waals surface area contributed by atoms with Crippen molar-refractivity contribution in [2.45, 2.75) is 69.0 Å². The lowest BCUT2D eigenvalue weighted by molar-refractivity contribution is -0.156. The number of benzene rings is 1. The lowest BCUT2D eigenvalue weighted by Crippen LogP contribution is -2.46. The van der Waals surface area contributed by atoms with Crippen molar-refractivity contribution in [2.24, 2.45) is 0 Å². The topological polar surface area (TPSA) is 102 Å². The molecular weight excluding hydrogens is 375 g/mol. The van der Waals surface area contributed by atoms with Gasteiger partial charge >= 0.3 is 5.97 Å². The first-order valence-electron chi connectivity index (χ1n) is 8.98. The van der Waals surface area contributed by atoms with Crippen LogP contribution in [0.1, 0.15) is 46.0 Å². The molecule has 0 radical (unpaired) electrons. The number of carbonyl (C=O) groups is 2. The summed E-state index contributed by atoms with van der Waals surface area (Å²) < 4.78 is 44.6. The van der Waals surface area contributed by atoms with E-state index in [0.29, 0.717) is 0 Å². The summed E-state index contributed by atoms with van der Waals surface area (Å²) in [5, 5.41) is 2.85. The molecule has 150 valence electrons. The van der Waals surface area contributed by atoms with Crippen LogP contribution in [0.15, 0.2) is 29.2 Å². The molecule has 7 nitrogen and oxygen atoms in total. The molecule has 27 heavy (non-hydrogen) atoms. The van der Waals surface area contributed by atoms with Crippen LogP contribution in [0.4, 0.5) is 4.39 Å². The SMILES string of the molecule is C[C@H](NS(=O)(=O)c1ccc(F)cc1)C(=O)O[C@H](C)C(=O)NC1CCCCC1. The fourth-order valence-corrected chi connectivity index (χ4v) is 4.05. The van der Waals surface area contributed by atoms with Crippen LogP contribution >= 0.6 is 0 Å². The number of hydrogen-bond donors (Lipinski definition) is 2. The summed E-state index contributed by atoms with van der Waals surface area (Å²) in [6, 6.07) is 3.09. The standard InChI is InChI=1S/C18H25FN2O5S/c1-12(21-27(24,25)16-10-8-14(19)9-11-16)18(23)26-13(2)17(22)20-15-6-4-3-5-7-15/h8-13,15,21H,3-7H2,1-2H3,(H,20,22)/t12-,13+/m0/s1. The van der Waals surface area contributed by atoms with E-state index >= 15 is 0 Å². The largest absolute Gasteiger partial charge is 0.451 e. The molecule has 9 heteroatoms. The quantitative estimate of drug-likeness (QED) is 0.681. The summed E-state index contributed by atoms with van der Waals surface area (Å²) in [6.45, 7) is 2.76. The summed E-state index contributed by atoms with van der Waals surface area (Å²) >= 11 is 0. The van der Waals surface area contributed by atoms with Gasteiger partial charge in [-0.25, -0.2) is 12.8 Å². The van der Waals surface area contributed by atoms with E-state index in [2.05, 4.69) is 10.0 Å². The zero-order valence-corrected chi connectivity index (χ0v) is 16.2. The second-order valence-corrected chi connectivity index (χ2v) is 8.43. The summed E-state index contributed by atoms with van der Waals surface area (Å²) in [6.07, 6.45) is 4.04. The lowest BCUT2D eigenvalue weighted by atomic mass is 9.95. The maximum absolute atomic E-state index is 12.9. The Morgan fingerprint density at radius 1 is 1.11 bits per heavy atom. The molecule has 1 aliphatic rings. The molecule has 1 aromatic rings. The minimum atomic E-state index is -4.02. The second-order valence-electron chi connectivity index (χ2n) is 6.72. The summed E-state index contributed by atoms with van der Waals surface area (Å²) in [7, 11) is -4.02. The minimum absolute atomic E-state index is 0.0850. The highest BCUT2D eigenvalue weighted by Gasteiger charge is 2.27. The van der Waals surface area contributed by atoms with Gasteiger partial charge in [0.2, 0.25) is 10.0 Å². The third-order valence-electron chi connectivity index (χ3n) is 4.42. The molecule has 0 bridgehead atoms. The van der Waals surface area contributed by atoms with E-state index in [-0.39, 0.29) is 10.9 Å². The third-order valence-corrected chi connectivity index (χ3v) is 5.98. The molecule has 1 aromatic carbocycles. The number of nitrogens with one attached hydrogen (secondary N) is 2. The van der Waals surface area contributed by atoms with Gasteiger partial charge in [-0.05, 0) is 51.0 Å². The normalized spacial score (nSPS) is 17.7. The fourth-order valence-electron chi connectivity index (χ4n) is 2.86. The first-order valence-corrected chi connectivity index (χ1v) is 10.5. The van der Waals surface area contributed by atoms with Crippen molar-refractivity contribution in [2.75, 3.05) is 0 Å². The van der Waals surface area contributed by atoms with Crippen molar-refractivity contribution in [3.05, 3.63) is 30.1 Å². The third kappa shape index (κ3) is 6.28. The van der Waals surface area contributed by atoms with Crippen molar-refractivity contribution >= 4 is 21.9 Å². The summed E-state index contributed by atoms with van der Waals surface area (Å²) in [5.74, 6) is -1.84. The molecule has 1 amide bonds. The monoisotopic (exact) mass is 400 g/mol. The van der Waals surface area contributed by atoms with E-state index in [0.717, 1.165) is 56.4 Å². The molecule has 2 rings (SSSR count). The van der Waals surface area contributed by atoms with E-state index in [9.17, 15) is 22.4 Å². The highest BCUT2D eigenvalue weighted by Crippen LogP contribution is 2.17. The van der Waals surface area contributed by atoms with Crippen LogP contribution in [0.2, 0.25) is 0 Å². The van der Waals surface area contributed by atoms with E-state index in [1.165, 1.54) is 13.8 Å². The van der Waals surface area contributed by atoms with E-state index in [1.54, 1.807) is 0 Å². The number of sulfonamides is 1. The number of ether oxygens (including phenoxy) is 1. The number of rotatable bonds is 7. The molecule has 2 N–H and O–H groups in total. The van der Waals surface area contributed by atoms with Crippen LogP contribution in [0.3, 0.4) is 0 Å². The highest BCUT2D eigenvalue weighted by atomic mass is 32.2. The second kappa shape index (κ2) is 9.27. The summed E-state index contributed by atoms with van der Waals surface area (Å²) in [5.41, 5.74) is 0. The molecular formula is C18H25FN2O5S. The van der Waals surface area contributed by atoms with Crippen LogP contribution < -0.4 is 10.0 Å². The van der Waals surface area contributed by atoms with Crippen molar-refractivity contribution in [1.82, 2.24) is 10.0 Å². The van der Waals surface area contributed by atoms with E-state index in [1.807, 2.05) is 0 Å². The first-order chi connectivity index (χ1) is 12.7. The number of hydrogen-bond acceptors (Lipinski definition) is 5. The Kier molecular flexibility index (Phi) is 7.32. The average Bonchev–Trinajstić information content (AvgIpc) is 2.62. The fraction of sp³-hybridized carbons (Fsp3) is 0.556. The Balaban J connectivity index is 1.88. The molecule has 0 aliphatic heterocycles. The van der Waals surface area contributed by atoms with Gasteiger partial charge in [0.15, 0.2) is 6.10 Å². The molecule has 0 unspecified atom stereocenters.